The standard InChI is InChI=1S/C16H14N6O2/c23-16(13-9-18-5-6-19-13)22-7-3-12(10-22)15-21-20-14(24-15)11-2-1-4-17-8-11/h1-2,4-6,8-9,12H,3,7,10H2. The molecular formula is C16H14N6O2. The summed E-state index contributed by atoms with van der Waals surface area (Å²) in [6, 6.07) is 3.68. The lowest BCUT2D eigenvalue weighted by Crippen LogP contribution is -2.29. The Morgan fingerprint density at radius 2 is 2.08 bits per heavy atom. The minimum Gasteiger partial charge on any atom is -0.420 e. The van der Waals surface area contributed by atoms with Crippen LogP contribution in [0, 0.1) is 0 Å². The van der Waals surface area contributed by atoms with Crippen molar-refractivity contribution in [1.29, 1.82) is 0 Å². The molecule has 1 atom stereocenters. The number of hydrogen-bond acceptors (Lipinski definition) is 7. The molecule has 0 saturated carbocycles. The molecule has 0 N–H and O–H groups in total. The summed E-state index contributed by atoms with van der Waals surface area (Å²) in [4.78, 5) is 26.2. The van der Waals surface area contributed by atoms with Gasteiger partial charge in [0, 0.05) is 37.9 Å². The molecule has 4 rings (SSSR count). The van der Waals surface area contributed by atoms with Crippen LogP contribution in [0.25, 0.3) is 11.5 Å². The van der Waals surface area contributed by atoms with Gasteiger partial charge in [0.1, 0.15) is 5.69 Å². The number of likely N-dealkylation sites (tertiary alicyclic amines) is 1. The van der Waals surface area contributed by atoms with E-state index in [4.69, 9.17) is 4.42 Å². The Kier molecular flexibility index (Phi) is 3.70. The zero-order valence-corrected chi connectivity index (χ0v) is 12.7. The van der Waals surface area contributed by atoms with Crippen LogP contribution in [0.2, 0.25) is 0 Å². The van der Waals surface area contributed by atoms with Gasteiger partial charge >= 0.3 is 0 Å². The van der Waals surface area contributed by atoms with Gasteiger partial charge < -0.3 is 9.32 Å². The molecule has 0 bridgehead atoms. The first-order chi connectivity index (χ1) is 11.8. The fraction of sp³-hybridized carbons (Fsp3) is 0.250. The average molecular weight is 322 g/mol. The fourth-order valence-corrected chi connectivity index (χ4v) is 2.72. The predicted octanol–water partition coefficient (Wildman–Crippen LogP) is 1.55. The summed E-state index contributed by atoms with van der Waals surface area (Å²) in [6.07, 6.45) is 8.67. The van der Waals surface area contributed by atoms with Crippen molar-refractivity contribution in [3.8, 4) is 11.5 Å². The van der Waals surface area contributed by atoms with Gasteiger partial charge in [0.15, 0.2) is 0 Å². The number of hydrogen-bond donors (Lipinski definition) is 0. The smallest absolute Gasteiger partial charge is 0.274 e. The third kappa shape index (κ3) is 2.73. The first-order valence-corrected chi connectivity index (χ1v) is 7.60. The van der Waals surface area contributed by atoms with Crippen molar-refractivity contribution in [3.05, 3.63) is 54.7 Å². The first-order valence-electron chi connectivity index (χ1n) is 7.60. The molecule has 1 saturated heterocycles. The molecule has 120 valence electrons. The maximum absolute atomic E-state index is 12.4. The van der Waals surface area contributed by atoms with Crippen molar-refractivity contribution < 1.29 is 9.21 Å². The van der Waals surface area contributed by atoms with E-state index in [1.165, 1.54) is 12.4 Å². The van der Waals surface area contributed by atoms with Gasteiger partial charge in [0.25, 0.3) is 5.91 Å². The van der Waals surface area contributed by atoms with Gasteiger partial charge in [-0.05, 0) is 18.6 Å². The van der Waals surface area contributed by atoms with E-state index in [0.29, 0.717) is 30.6 Å². The van der Waals surface area contributed by atoms with E-state index in [1.807, 2.05) is 12.1 Å². The second-order valence-corrected chi connectivity index (χ2v) is 5.51. The minimum atomic E-state index is -0.127. The van der Waals surface area contributed by atoms with Crippen molar-refractivity contribution >= 4 is 5.91 Å². The summed E-state index contributed by atoms with van der Waals surface area (Å²) in [5.41, 5.74) is 1.13. The zero-order valence-electron chi connectivity index (χ0n) is 12.7. The van der Waals surface area contributed by atoms with Crippen molar-refractivity contribution in [1.82, 2.24) is 30.0 Å². The van der Waals surface area contributed by atoms with Crippen molar-refractivity contribution in [2.45, 2.75) is 12.3 Å². The summed E-state index contributed by atoms with van der Waals surface area (Å²) in [5.74, 6) is 0.890. The maximum atomic E-state index is 12.4. The van der Waals surface area contributed by atoms with Crippen LogP contribution >= 0.6 is 0 Å². The second-order valence-electron chi connectivity index (χ2n) is 5.51. The fourth-order valence-electron chi connectivity index (χ4n) is 2.72. The Morgan fingerprint density at radius 3 is 2.88 bits per heavy atom. The van der Waals surface area contributed by atoms with Gasteiger partial charge in [-0.2, -0.15) is 0 Å². The molecule has 1 fully saturated rings. The summed E-state index contributed by atoms with van der Waals surface area (Å²) < 4.78 is 5.76. The van der Waals surface area contributed by atoms with Crippen LogP contribution in [0.3, 0.4) is 0 Å². The number of amides is 1. The van der Waals surface area contributed by atoms with Crippen LogP contribution in [-0.4, -0.2) is 49.0 Å². The van der Waals surface area contributed by atoms with Gasteiger partial charge in [-0.3, -0.25) is 14.8 Å². The molecule has 3 aromatic rings. The summed E-state index contributed by atoms with van der Waals surface area (Å²) >= 11 is 0. The maximum Gasteiger partial charge on any atom is 0.274 e. The molecule has 1 aliphatic rings. The van der Waals surface area contributed by atoms with Gasteiger partial charge in [-0.1, -0.05) is 0 Å². The number of nitrogens with zero attached hydrogens (tertiary/aromatic N) is 6. The molecule has 24 heavy (non-hydrogen) atoms. The number of carbonyl (C=O) groups excluding carboxylic acids is 1. The normalized spacial score (nSPS) is 17.2. The molecule has 0 aromatic carbocycles. The predicted molar refractivity (Wildman–Crippen MR) is 82.8 cm³/mol. The average Bonchev–Trinajstić information content (AvgIpc) is 3.32. The second kappa shape index (κ2) is 6.15. The quantitative estimate of drug-likeness (QED) is 0.721. The van der Waals surface area contributed by atoms with E-state index < -0.39 is 0 Å². The molecule has 1 unspecified atom stereocenters. The van der Waals surface area contributed by atoms with Gasteiger partial charge in [-0.25, -0.2) is 4.98 Å². The Balaban J connectivity index is 1.48. The third-order valence-electron chi connectivity index (χ3n) is 3.96. The minimum absolute atomic E-state index is 0.0311. The molecular weight excluding hydrogens is 308 g/mol. The van der Waals surface area contributed by atoms with Gasteiger partial charge in [0.05, 0.1) is 17.7 Å². The molecule has 0 spiro atoms. The summed E-state index contributed by atoms with van der Waals surface area (Å²) in [6.45, 7) is 1.16. The van der Waals surface area contributed by atoms with Crippen LogP contribution in [0.4, 0.5) is 0 Å². The molecule has 0 radical (unpaired) electrons. The van der Waals surface area contributed by atoms with Crippen LogP contribution < -0.4 is 0 Å². The molecule has 4 heterocycles. The molecule has 8 nitrogen and oxygen atoms in total. The molecule has 8 heteroatoms. The van der Waals surface area contributed by atoms with Crippen molar-refractivity contribution in [3.63, 3.8) is 0 Å². The highest BCUT2D eigenvalue weighted by Crippen LogP contribution is 2.29. The first kappa shape index (κ1) is 14.4. The summed E-state index contributed by atoms with van der Waals surface area (Å²) in [5, 5.41) is 8.21. The van der Waals surface area contributed by atoms with Crippen LogP contribution in [0.15, 0.2) is 47.5 Å². The molecule has 3 aromatic heterocycles. The lowest BCUT2D eigenvalue weighted by Gasteiger charge is -2.14. The van der Waals surface area contributed by atoms with E-state index >= 15 is 0 Å². The van der Waals surface area contributed by atoms with E-state index in [-0.39, 0.29) is 11.8 Å². The Labute approximate surface area is 137 Å². The summed E-state index contributed by atoms with van der Waals surface area (Å²) in [7, 11) is 0. The Morgan fingerprint density at radius 1 is 1.17 bits per heavy atom. The Bertz CT molecular complexity index is 836. The number of rotatable bonds is 3. The SMILES string of the molecule is O=C(c1cnccn1)N1CCC(c2nnc(-c3cccnc3)o2)C1. The van der Waals surface area contributed by atoms with Crippen LogP contribution in [0.5, 0.6) is 0 Å². The van der Waals surface area contributed by atoms with Crippen LogP contribution in [-0.2, 0) is 0 Å². The highest BCUT2D eigenvalue weighted by atomic mass is 16.4. The lowest BCUT2D eigenvalue weighted by atomic mass is 10.1. The molecule has 1 amide bonds. The number of aromatic nitrogens is 5. The van der Waals surface area contributed by atoms with E-state index in [1.54, 1.807) is 23.5 Å². The third-order valence-corrected chi connectivity index (χ3v) is 3.96. The van der Waals surface area contributed by atoms with E-state index in [2.05, 4.69) is 25.1 Å². The van der Waals surface area contributed by atoms with E-state index in [9.17, 15) is 4.79 Å². The Hall–Kier alpha value is -3.16. The highest BCUT2D eigenvalue weighted by Gasteiger charge is 2.32. The molecule has 1 aliphatic heterocycles. The van der Waals surface area contributed by atoms with E-state index in [0.717, 1.165) is 12.0 Å². The lowest BCUT2D eigenvalue weighted by molar-refractivity contribution is 0.0783. The van der Waals surface area contributed by atoms with Crippen LogP contribution in [0.1, 0.15) is 28.7 Å². The monoisotopic (exact) mass is 322 g/mol. The van der Waals surface area contributed by atoms with Gasteiger partial charge in [0.2, 0.25) is 11.8 Å². The van der Waals surface area contributed by atoms with Crippen molar-refractivity contribution in [2.75, 3.05) is 13.1 Å². The highest BCUT2D eigenvalue weighted by molar-refractivity contribution is 5.92. The topological polar surface area (TPSA) is 97.9 Å². The molecule has 0 aliphatic carbocycles. The van der Waals surface area contributed by atoms with Crippen molar-refractivity contribution in [2.24, 2.45) is 0 Å². The number of pyridine rings is 1. The zero-order chi connectivity index (χ0) is 16.4. The van der Waals surface area contributed by atoms with Gasteiger partial charge in [-0.15, -0.1) is 10.2 Å². The number of carbonyl (C=O) groups is 1. The largest absolute Gasteiger partial charge is 0.420 e.